The quantitative estimate of drug-likeness (QED) is 0.320. The molecule has 0 aliphatic carbocycles. The standard InChI is InChI=1S/C36H33FN4O3/c37-30-12-9-27(10-13-30)35(43)38-31-20-28(36(44)39-17-15-26(16-18-39)25-5-2-1-3-6-25)11-14-33(31)40-21-24-19-29(23-40)32-7-4-8-34(42)41(32)22-24/h1-15,20,24,29H,16-19,21-23H2,(H,38,43)/t24-,29+/m1/s1. The van der Waals surface area contributed by atoms with Crippen molar-refractivity contribution >= 4 is 28.8 Å². The lowest BCUT2D eigenvalue weighted by molar-refractivity contribution is 0.0772. The Labute approximate surface area is 255 Å². The number of fused-ring (bicyclic) bond motifs is 4. The first-order valence-electron chi connectivity index (χ1n) is 15.1. The fourth-order valence-electron chi connectivity index (χ4n) is 6.88. The zero-order valence-corrected chi connectivity index (χ0v) is 24.3. The molecule has 1 fully saturated rings. The maximum atomic E-state index is 13.7. The van der Waals surface area contributed by atoms with Crippen LogP contribution in [0, 0.1) is 11.7 Å². The molecule has 2 amide bonds. The Morgan fingerprint density at radius 1 is 0.841 bits per heavy atom. The number of nitrogens with one attached hydrogen (secondary N) is 1. The molecule has 0 radical (unpaired) electrons. The summed E-state index contributed by atoms with van der Waals surface area (Å²) in [6.45, 7) is 3.18. The molecule has 44 heavy (non-hydrogen) atoms. The third kappa shape index (κ3) is 5.43. The third-order valence-corrected chi connectivity index (χ3v) is 9.06. The maximum absolute atomic E-state index is 13.7. The van der Waals surface area contributed by atoms with Gasteiger partial charge in [0.05, 0.1) is 11.4 Å². The number of carbonyl (C=O) groups is 2. The van der Waals surface area contributed by atoms with E-state index in [-0.39, 0.29) is 29.2 Å². The van der Waals surface area contributed by atoms with Gasteiger partial charge in [0, 0.05) is 61.5 Å². The summed E-state index contributed by atoms with van der Waals surface area (Å²) in [6, 6.07) is 26.6. The molecule has 2 bridgehead atoms. The molecule has 1 N–H and O–H groups in total. The van der Waals surface area contributed by atoms with E-state index in [4.69, 9.17) is 0 Å². The molecule has 3 aliphatic heterocycles. The van der Waals surface area contributed by atoms with Crippen molar-refractivity contribution in [1.82, 2.24) is 9.47 Å². The Balaban J connectivity index is 1.18. The highest BCUT2D eigenvalue weighted by Gasteiger charge is 2.35. The zero-order chi connectivity index (χ0) is 30.2. The zero-order valence-electron chi connectivity index (χ0n) is 24.3. The first kappa shape index (κ1) is 27.8. The van der Waals surface area contributed by atoms with E-state index in [0.717, 1.165) is 30.8 Å². The van der Waals surface area contributed by atoms with E-state index >= 15 is 0 Å². The number of anilines is 2. The molecule has 8 heteroatoms. The molecule has 222 valence electrons. The molecule has 0 unspecified atom stereocenters. The van der Waals surface area contributed by atoms with Gasteiger partial charge >= 0.3 is 0 Å². The van der Waals surface area contributed by atoms with Gasteiger partial charge < -0.3 is 19.7 Å². The average Bonchev–Trinajstić information content (AvgIpc) is 3.05. The molecule has 3 aromatic carbocycles. The number of carbonyl (C=O) groups excluding carboxylic acids is 2. The second-order valence-corrected chi connectivity index (χ2v) is 11.9. The van der Waals surface area contributed by atoms with Crippen molar-refractivity contribution in [2.75, 3.05) is 36.4 Å². The summed E-state index contributed by atoms with van der Waals surface area (Å²) < 4.78 is 15.5. The minimum atomic E-state index is -0.417. The Morgan fingerprint density at radius 3 is 2.41 bits per heavy atom. The van der Waals surface area contributed by atoms with Gasteiger partial charge in [-0.2, -0.15) is 0 Å². The number of rotatable bonds is 5. The molecule has 1 aromatic heterocycles. The molecule has 7 rings (SSSR count). The van der Waals surface area contributed by atoms with Gasteiger partial charge in [-0.3, -0.25) is 14.4 Å². The van der Waals surface area contributed by atoms with Gasteiger partial charge in [-0.15, -0.1) is 0 Å². The second-order valence-electron chi connectivity index (χ2n) is 11.9. The van der Waals surface area contributed by atoms with Gasteiger partial charge in [-0.1, -0.05) is 42.5 Å². The summed E-state index contributed by atoms with van der Waals surface area (Å²) in [7, 11) is 0. The number of benzene rings is 3. The lowest BCUT2D eigenvalue weighted by Crippen LogP contribution is -2.47. The average molecular weight is 589 g/mol. The van der Waals surface area contributed by atoms with Crippen LogP contribution < -0.4 is 15.8 Å². The van der Waals surface area contributed by atoms with Crippen molar-refractivity contribution in [2.24, 2.45) is 5.92 Å². The number of aromatic nitrogens is 1. The largest absolute Gasteiger partial charge is 0.369 e. The van der Waals surface area contributed by atoms with Crippen molar-refractivity contribution in [2.45, 2.75) is 25.3 Å². The molecule has 3 aliphatic rings. The fourth-order valence-corrected chi connectivity index (χ4v) is 6.88. The minimum absolute atomic E-state index is 0.0317. The first-order chi connectivity index (χ1) is 21.4. The molecular formula is C36H33FN4O3. The highest BCUT2D eigenvalue weighted by molar-refractivity contribution is 6.07. The highest BCUT2D eigenvalue weighted by Crippen LogP contribution is 2.39. The van der Waals surface area contributed by atoms with Crippen LogP contribution in [-0.2, 0) is 6.54 Å². The van der Waals surface area contributed by atoms with Crippen molar-refractivity contribution < 1.29 is 14.0 Å². The van der Waals surface area contributed by atoms with Gasteiger partial charge in [-0.05, 0) is 78.4 Å². The number of hydrogen-bond acceptors (Lipinski definition) is 4. The Kier molecular flexibility index (Phi) is 7.34. The Hall–Kier alpha value is -4.98. The van der Waals surface area contributed by atoms with Crippen molar-refractivity contribution in [3.8, 4) is 0 Å². The normalized spacial score (nSPS) is 19.2. The summed E-state index contributed by atoms with van der Waals surface area (Å²) in [6.07, 6.45) is 3.88. The van der Waals surface area contributed by atoms with E-state index in [1.54, 1.807) is 12.1 Å². The third-order valence-electron chi connectivity index (χ3n) is 9.06. The molecule has 0 saturated carbocycles. The van der Waals surface area contributed by atoms with E-state index in [1.165, 1.54) is 35.4 Å². The van der Waals surface area contributed by atoms with Crippen LogP contribution >= 0.6 is 0 Å². The lowest BCUT2D eigenvalue weighted by atomic mass is 9.83. The number of hydrogen-bond donors (Lipinski definition) is 1. The van der Waals surface area contributed by atoms with Crippen LogP contribution in [0.3, 0.4) is 0 Å². The van der Waals surface area contributed by atoms with Gasteiger partial charge in [0.15, 0.2) is 0 Å². The van der Waals surface area contributed by atoms with Crippen LogP contribution in [0.5, 0.6) is 0 Å². The predicted molar refractivity (Wildman–Crippen MR) is 169 cm³/mol. The summed E-state index contributed by atoms with van der Waals surface area (Å²) in [5.41, 5.74) is 5.66. The molecule has 1 saturated heterocycles. The molecule has 7 nitrogen and oxygen atoms in total. The first-order valence-corrected chi connectivity index (χ1v) is 15.1. The summed E-state index contributed by atoms with van der Waals surface area (Å²) in [5.74, 6) is -0.431. The van der Waals surface area contributed by atoms with Gasteiger partial charge in [0.2, 0.25) is 0 Å². The van der Waals surface area contributed by atoms with Crippen LogP contribution in [-0.4, -0.2) is 47.5 Å². The Bertz CT molecular complexity index is 1820. The number of halogens is 1. The van der Waals surface area contributed by atoms with Gasteiger partial charge in [0.1, 0.15) is 5.82 Å². The predicted octanol–water partition coefficient (Wildman–Crippen LogP) is 5.79. The summed E-state index contributed by atoms with van der Waals surface area (Å²) in [4.78, 5) is 43.6. The van der Waals surface area contributed by atoms with Gasteiger partial charge in [-0.25, -0.2) is 4.39 Å². The van der Waals surface area contributed by atoms with Crippen LogP contribution in [0.15, 0.2) is 102 Å². The van der Waals surface area contributed by atoms with Crippen LogP contribution in [0.25, 0.3) is 5.57 Å². The highest BCUT2D eigenvalue weighted by atomic mass is 19.1. The van der Waals surface area contributed by atoms with Crippen molar-refractivity contribution in [3.63, 3.8) is 0 Å². The SMILES string of the molecule is O=C(Nc1cc(C(=O)N2CC=C(c3ccccc3)CC2)ccc1N1C[C@H]2C[C@@H](C1)c1cccc(=O)n1C2)c1ccc(F)cc1. The maximum Gasteiger partial charge on any atom is 0.255 e. The number of nitrogens with zero attached hydrogens (tertiary/aromatic N) is 3. The fraction of sp³-hybridized carbons (Fsp3) is 0.250. The monoisotopic (exact) mass is 588 g/mol. The topological polar surface area (TPSA) is 74.7 Å². The number of pyridine rings is 1. The molecule has 4 heterocycles. The lowest BCUT2D eigenvalue weighted by Gasteiger charge is -2.44. The number of amides is 2. The molecule has 2 atom stereocenters. The van der Waals surface area contributed by atoms with Crippen molar-refractivity contribution in [3.05, 3.63) is 136 Å². The van der Waals surface area contributed by atoms with E-state index < -0.39 is 5.82 Å². The second kappa shape index (κ2) is 11.6. The van der Waals surface area contributed by atoms with E-state index in [1.807, 2.05) is 51.9 Å². The Morgan fingerprint density at radius 2 is 1.64 bits per heavy atom. The summed E-state index contributed by atoms with van der Waals surface area (Å²) in [5, 5.41) is 3.02. The molecule has 4 aromatic rings. The van der Waals surface area contributed by atoms with Crippen LogP contribution in [0.4, 0.5) is 15.8 Å². The molecule has 0 spiro atoms. The van der Waals surface area contributed by atoms with E-state index in [9.17, 15) is 18.8 Å². The van der Waals surface area contributed by atoms with Crippen LogP contribution in [0.2, 0.25) is 0 Å². The summed E-state index contributed by atoms with van der Waals surface area (Å²) >= 11 is 0. The van der Waals surface area contributed by atoms with Gasteiger partial charge in [0.25, 0.3) is 17.4 Å². The van der Waals surface area contributed by atoms with Crippen LogP contribution in [0.1, 0.15) is 50.7 Å². The molecular weight excluding hydrogens is 555 g/mol. The van der Waals surface area contributed by atoms with E-state index in [2.05, 4.69) is 28.4 Å². The van der Waals surface area contributed by atoms with E-state index in [0.29, 0.717) is 43.0 Å². The smallest absolute Gasteiger partial charge is 0.255 e. The number of piperidine rings is 1. The minimum Gasteiger partial charge on any atom is -0.369 e. The van der Waals surface area contributed by atoms with Crippen molar-refractivity contribution in [1.29, 1.82) is 0 Å².